The Morgan fingerprint density at radius 2 is 1.64 bits per heavy atom. The topological polar surface area (TPSA) is 94.1 Å². The smallest absolute Gasteiger partial charge is 0.336 e. The second-order valence-electron chi connectivity index (χ2n) is 5.42. The van der Waals surface area contributed by atoms with Crippen molar-refractivity contribution in [2.75, 3.05) is 14.2 Å². The molecule has 1 aliphatic heterocycles. The molecule has 1 N–H and O–H groups in total. The van der Waals surface area contributed by atoms with Crippen molar-refractivity contribution >= 4 is 23.7 Å². The molecule has 0 bridgehead atoms. The molecule has 25 heavy (non-hydrogen) atoms. The third kappa shape index (κ3) is 3.51. The van der Waals surface area contributed by atoms with Gasteiger partial charge in [-0.1, -0.05) is 12.1 Å². The molecule has 0 aromatic heterocycles. The number of benzene rings is 1. The number of esters is 2. The van der Waals surface area contributed by atoms with E-state index in [-0.39, 0.29) is 0 Å². The van der Waals surface area contributed by atoms with Gasteiger partial charge >= 0.3 is 11.9 Å². The van der Waals surface area contributed by atoms with Crippen molar-refractivity contribution in [2.24, 2.45) is 4.99 Å². The van der Waals surface area contributed by atoms with Crippen LogP contribution in [0.3, 0.4) is 0 Å². The van der Waals surface area contributed by atoms with E-state index in [9.17, 15) is 14.4 Å². The first-order valence-corrected chi connectivity index (χ1v) is 7.47. The van der Waals surface area contributed by atoms with Gasteiger partial charge < -0.3 is 14.8 Å². The van der Waals surface area contributed by atoms with E-state index in [1.165, 1.54) is 20.3 Å². The van der Waals surface area contributed by atoms with Crippen molar-refractivity contribution < 1.29 is 23.9 Å². The van der Waals surface area contributed by atoms with Crippen LogP contribution in [0.15, 0.2) is 51.8 Å². The number of aliphatic imine (C=N–C) groups is 1. The summed E-state index contributed by atoms with van der Waals surface area (Å²) in [4.78, 5) is 38.8. The molecule has 2 rings (SSSR count). The summed E-state index contributed by atoms with van der Waals surface area (Å²) in [5.41, 5.74) is 2.71. The molecule has 1 aliphatic rings. The van der Waals surface area contributed by atoms with E-state index in [1.807, 2.05) is 0 Å². The van der Waals surface area contributed by atoms with Crippen LogP contribution in [0.1, 0.15) is 25.3 Å². The van der Waals surface area contributed by atoms with Crippen molar-refractivity contribution in [1.82, 2.24) is 5.32 Å². The molecule has 1 aromatic carbocycles. The Morgan fingerprint density at radius 1 is 1.08 bits per heavy atom. The molecule has 130 valence electrons. The molecule has 0 atom stereocenters. The fraction of sp³-hybridized carbons (Fsp3) is 0.278. The van der Waals surface area contributed by atoms with Crippen LogP contribution in [0, 0.1) is 0 Å². The largest absolute Gasteiger partial charge is 0.466 e. The summed E-state index contributed by atoms with van der Waals surface area (Å²) in [6.45, 7) is 3.45. The van der Waals surface area contributed by atoms with Gasteiger partial charge in [0.1, 0.15) is 0 Å². The summed E-state index contributed by atoms with van der Waals surface area (Å²) in [5.74, 6) is -1.83. The standard InChI is InChI=1S/C18H18N2O5/c1-10-14(17(22)24-3)16(15(11(2)20-10)18(23)25-4)12-6-5-7-13(8-12)19-9-21/h5-8,16,20H,1-4H3. The van der Waals surface area contributed by atoms with Crippen LogP contribution in [0.2, 0.25) is 0 Å². The lowest BCUT2D eigenvalue weighted by Gasteiger charge is -2.30. The van der Waals surface area contributed by atoms with Crippen molar-refractivity contribution in [3.63, 3.8) is 0 Å². The molecule has 7 nitrogen and oxygen atoms in total. The molecule has 0 spiro atoms. The number of methoxy groups -OCH3 is 2. The Bertz CT molecular complexity index is 794. The molecule has 0 fully saturated rings. The normalized spacial score (nSPS) is 14.6. The number of nitrogens with one attached hydrogen (secondary N) is 1. The number of hydrogen-bond acceptors (Lipinski definition) is 7. The van der Waals surface area contributed by atoms with E-state index in [0.717, 1.165) is 0 Å². The number of nitrogens with zero attached hydrogens (tertiary/aromatic N) is 1. The first kappa shape index (κ1) is 18.2. The lowest BCUT2D eigenvalue weighted by atomic mass is 9.80. The first-order chi connectivity index (χ1) is 11.9. The van der Waals surface area contributed by atoms with Gasteiger partial charge in [-0.25, -0.2) is 14.4 Å². The maximum absolute atomic E-state index is 12.4. The van der Waals surface area contributed by atoms with E-state index in [1.54, 1.807) is 38.1 Å². The van der Waals surface area contributed by atoms with Crippen molar-refractivity contribution in [2.45, 2.75) is 19.8 Å². The van der Waals surface area contributed by atoms with E-state index in [4.69, 9.17) is 9.47 Å². The molecule has 0 saturated carbocycles. The molecule has 7 heteroatoms. The van der Waals surface area contributed by atoms with Gasteiger partial charge in [0.25, 0.3) is 0 Å². The minimum atomic E-state index is -0.706. The Kier molecular flexibility index (Phi) is 5.52. The third-order valence-electron chi connectivity index (χ3n) is 3.95. The molecular weight excluding hydrogens is 324 g/mol. The number of isocyanates is 1. The zero-order chi connectivity index (χ0) is 18.6. The van der Waals surface area contributed by atoms with Gasteiger partial charge in [0.15, 0.2) is 0 Å². The Balaban J connectivity index is 2.72. The average molecular weight is 342 g/mol. The molecular formula is C18H18N2O5. The predicted molar refractivity (Wildman–Crippen MR) is 89.5 cm³/mol. The quantitative estimate of drug-likeness (QED) is 0.512. The number of ether oxygens (including phenoxy) is 2. The second-order valence-corrected chi connectivity index (χ2v) is 5.42. The fourth-order valence-electron chi connectivity index (χ4n) is 2.92. The van der Waals surface area contributed by atoms with E-state index in [0.29, 0.717) is 33.8 Å². The first-order valence-electron chi connectivity index (χ1n) is 7.47. The summed E-state index contributed by atoms with van der Waals surface area (Å²) in [5, 5.41) is 3.02. The van der Waals surface area contributed by atoms with Crippen LogP contribution in [0.5, 0.6) is 0 Å². The molecule has 0 unspecified atom stereocenters. The Morgan fingerprint density at radius 3 is 2.12 bits per heavy atom. The summed E-state index contributed by atoms with van der Waals surface area (Å²) in [6, 6.07) is 6.67. The highest BCUT2D eigenvalue weighted by Crippen LogP contribution is 2.39. The van der Waals surface area contributed by atoms with Crippen LogP contribution in [-0.4, -0.2) is 32.2 Å². The molecule has 1 aromatic rings. The zero-order valence-corrected chi connectivity index (χ0v) is 14.4. The third-order valence-corrected chi connectivity index (χ3v) is 3.95. The lowest BCUT2D eigenvalue weighted by Crippen LogP contribution is -2.32. The highest BCUT2D eigenvalue weighted by atomic mass is 16.5. The number of carbonyl (C=O) groups excluding carboxylic acids is 3. The number of hydrogen-bond donors (Lipinski definition) is 1. The minimum absolute atomic E-state index is 0.292. The summed E-state index contributed by atoms with van der Waals surface area (Å²) in [7, 11) is 2.55. The van der Waals surface area contributed by atoms with Crippen molar-refractivity contribution in [3.8, 4) is 0 Å². The molecule has 0 radical (unpaired) electrons. The summed E-state index contributed by atoms with van der Waals surface area (Å²) >= 11 is 0. The Hall–Kier alpha value is -3.18. The van der Waals surface area contributed by atoms with Crippen LogP contribution in [0.25, 0.3) is 0 Å². The number of rotatable bonds is 4. The van der Waals surface area contributed by atoms with Gasteiger partial charge in [0, 0.05) is 11.4 Å². The zero-order valence-electron chi connectivity index (χ0n) is 14.4. The van der Waals surface area contributed by atoms with Crippen LogP contribution in [-0.2, 0) is 23.9 Å². The number of carbonyl (C=O) groups is 2. The highest BCUT2D eigenvalue weighted by molar-refractivity contribution is 5.99. The van der Waals surface area contributed by atoms with Crippen LogP contribution >= 0.6 is 0 Å². The monoisotopic (exact) mass is 342 g/mol. The van der Waals surface area contributed by atoms with E-state index in [2.05, 4.69) is 10.3 Å². The Labute approximate surface area is 145 Å². The molecule has 0 aliphatic carbocycles. The van der Waals surface area contributed by atoms with Gasteiger partial charge in [-0.15, -0.1) is 0 Å². The lowest BCUT2D eigenvalue weighted by molar-refractivity contribution is -0.137. The molecule has 0 saturated heterocycles. The van der Waals surface area contributed by atoms with Gasteiger partial charge in [-0.05, 0) is 31.5 Å². The summed E-state index contributed by atoms with van der Waals surface area (Å²) in [6.07, 6.45) is 1.48. The molecule has 0 amide bonds. The van der Waals surface area contributed by atoms with Crippen LogP contribution in [0.4, 0.5) is 5.69 Å². The van der Waals surface area contributed by atoms with Crippen molar-refractivity contribution in [3.05, 3.63) is 52.4 Å². The number of dihydropyridines is 1. The highest BCUT2D eigenvalue weighted by Gasteiger charge is 2.37. The van der Waals surface area contributed by atoms with Gasteiger partial charge in [0.2, 0.25) is 6.08 Å². The maximum Gasteiger partial charge on any atom is 0.336 e. The van der Waals surface area contributed by atoms with Crippen molar-refractivity contribution in [1.29, 1.82) is 0 Å². The maximum atomic E-state index is 12.4. The van der Waals surface area contributed by atoms with Gasteiger partial charge in [-0.2, -0.15) is 4.99 Å². The van der Waals surface area contributed by atoms with Crippen LogP contribution < -0.4 is 5.32 Å². The fourth-order valence-corrected chi connectivity index (χ4v) is 2.92. The van der Waals surface area contributed by atoms with E-state index < -0.39 is 17.9 Å². The number of allylic oxidation sites excluding steroid dienone is 2. The SMILES string of the molecule is COC(=O)C1=C(C)NC(C)=C(C(=O)OC)C1c1cccc(N=C=O)c1. The summed E-state index contributed by atoms with van der Waals surface area (Å²) < 4.78 is 9.78. The average Bonchev–Trinajstić information content (AvgIpc) is 2.60. The minimum Gasteiger partial charge on any atom is -0.466 e. The predicted octanol–water partition coefficient (Wildman–Crippen LogP) is 2.23. The second kappa shape index (κ2) is 7.59. The van der Waals surface area contributed by atoms with E-state index >= 15 is 0 Å². The molecule has 1 heterocycles. The van der Waals surface area contributed by atoms with Gasteiger partial charge in [-0.3, -0.25) is 0 Å². The van der Waals surface area contributed by atoms with Gasteiger partial charge in [0.05, 0.1) is 37.0 Å².